The quantitative estimate of drug-likeness (QED) is 0.622. The van der Waals surface area contributed by atoms with Gasteiger partial charge in [0, 0.05) is 0 Å². The van der Waals surface area contributed by atoms with Gasteiger partial charge < -0.3 is 15.4 Å². The second kappa shape index (κ2) is 7.75. The van der Waals surface area contributed by atoms with Crippen LogP contribution < -0.4 is 15.4 Å². The smallest absolute Gasteiger partial charge is 0.325 e. The number of rotatable bonds is 5. The van der Waals surface area contributed by atoms with Gasteiger partial charge in [-0.05, 0) is 53.9 Å². The van der Waals surface area contributed by atoms with Crippen LogP contribution in [0, 0.1) is 6.92 Å². The lowest BCUT2D eigenvalue weighted by Crippen LogP contribution is -2.42. The Morgan fingerprint density at radius 2 is 1.81 bits per heavy atom. The van der Waals surface area contributed by atoms with Crippen LogP contribution in [0.4, 0.5) is 10.5 Å². The predicted molar refractivity (Wildman–Crippen MR) is 118 cm³/mol. The Balaban J connectivity index is 1.55. The second-order valence-electron chi connectivity index (χ2n) is 7.76. The molecular weight excluding hydrogens is 394 g/mol. The molecule has 1 atom stereocenters. The maximum atomic E-state index is 13.2. The van der Waals surface area contributed by atoms with E-state index in [1.807, 2.05) is 55.5 Å². The summed E-state index contributed by atoms with van der Waals surface area (Å²) in [5.41, 5.74) is 0.835. The molecule has 158 valence electrons. The highest BCUT2D eigenvalue weighted by Gasteiger charge is 2.49. The zero-order valence-electron chi connectivity index (χ0n) is 17.6. The highest BCUT2D eigenvalue weighted by Crippen LogP contribution is 2.31. The average Bonchev–Trinajstić information content (AvgIpc) is 2.97. The highest BCUT2D eigenvalue weighted by atomic mass is 16.5. The van der Waals surface area contributed by atoms with Gasteiger partial charge in [0.05, 0.1) is 12.8 Å². The summed E-state index contributed by atoms with van der Waals surface area (Å²) < 4.78 is 5.26. The number of carbonyl (C=O) groups is 3. The van der Waals surface area contributed by atoms with E-state index in [1.54, 1.807) is 19.1 Å². The van der Waals surface area contributed by atoms with Gasteiger partial charge in [0.15, 0.2) is 0 Å². The van der Waals surface area contributed by atoms with E-state index >= 15 is 0 Å². The molecule has 0 spiro atoms. The molecular formula is C24H23N3O4. The monoisotopic (exact) mass is 417 g/mol. The maximum Gasteiger partial charge on any atom is 0.325 e. The molecule has 0 aromatic heterocycles. The number of fused-ring (bicyclic) bond motifs is 1. The SMILES string of the molecule is COc1ccc(C)cc1NC(=O)CN1C(=O)NC(C)(c2ccc3ccccc3c2)C1=O. The number of urea groups is 1. The molecule has 0 aliphatic carbocycles. The van der Waals surface area contributed by atoms with Gasteiger partial charge in [-0.1, -0.05) is 42.5 Å². The van der Waals surface area contributed by atoms with Crippen molar-refractivity contribution in [3.63, 3.8) is 0 Å². The number of nitrogens with one attached hydrogen (secondary N) is 2. The number of methoxy groups -OCH3 is 1. The van der Waals surface area contributed by atoms with E-state index in [0.29, 0.717) is 17.0 Å². The Hall–Kier alpha value is -3.87. The van der Waals surface area contributed by atoms with Crippen molar-refractivity contribution in [3.05, 3.63) is 71.8 Å². The molecule has 3 aromatic carbocycles. The van der Waals surface area contributed by atoms with Crippen LogP contribution >= 0.6 is 0 Å². The van der Waals surface area contributed by atoms with Crippen molar-refractivity contribution in [2.24, 2.45) is 0 Å². The lowest BCUT2D eigenvalue weighted by atomic mass is 9.90. The standard InChI is InChI=1S/C24H23N3O4/c1-15-8-11-20(31-3)19(12-15)25-21(28)14-27-22(29)24(2,26-23(27)30)18-10-9-16-6-4-5-7-17(16)13-18/h4-13H,14H2,1-3H3,(H,25,28)(H,26,30). The minimum absolute atomic E-state index is 0.398. The number of nitrogens with zero attached hydrogens (tertiary/aromatic N) is 1. The van der Waals surface area contributed by atoms with Gasteiger partial charge >= 0.3 is 6.03 Å². The summed E-state index contributed by atoms with van der Waals surface area (Å²) in [7, 11) is 1.51. The fourth-order valence-electron chi connectivity index (χ4n) is 3.79. The van der Waals surface area contributed by atoms with Crippen molar-refractivity contribution >= 4 is 34.3 Å². The van der Waals surface area contributed by atoms with Crippen LogP contribution in [0.5, 0.6) is 5.75 Å². The van der Waals surface area contributed by atoms with Gasteiger partial charge in [-0.25, -0.2) is 4.79 Å². The maximum absolute atomic E-state index is 13.2. The number of benzene rings is 3. The molecule has 0 radical (unpaired) electrons. The summed E-state index contributed by atoms with van der Waals surface area (Å²) in [6, 6.07) is 18.2. The molecule has 0 saturated carbocycles. The molecule has 1 aliphatic heterocycles. The summed E-state index contributed by atoms with van der Waals surface area (Å²) >= 11 is 0. The Morgan fingerprint density at radius 1 is 1.06 bits per heavy atom. The molecule has 1 fully saturated rings. The van der Waals surface area contributed by atoms with E-state index < -0.39 is 29.9 Å². The largest absolute Gasteiger partial charge is 0.495 e. The number of imide groups is 1. The van der Waals surface area contributed by atoms with Gasteiger partial charge in [0.25, 0.3) is 5.91 Å². The molecule has 1 heterocycles. The first-order valence-corrected chi connectivity index (χ1v) is 9.90. The van der Waals surface area contributed by atoms with Crippen LogP contribution in [0.2, 0.25) is 0 Å². The molecule has 4 amide bonds. The van der Waals surface area contributed by atoms with Gasteiger partial charge in [-0.2, -0.15) is 0 Å². The summed E-state index contributed by atoms with van der Waals surface area (Å²) in [5, 5.41) is 7.47. The fraction of sp³-hybridized carbons (Fsp3) is 0.208. The van der Waals surface area contributed by atoms with E-state index in [4.69, 9.17) is 4.74 Å². The van der Waals surface area contributed by atoms with Gasteiger partial charge in [-0.15, -0.1) is 0 Å². The third-order valence-electron chi connectivity index (χ3n) is 5.53. The van der Waals surface area contributed by atoms with Crippen molar-refractivity contribution in [1.82, 2.24) is 10.2 Å². The third-order valence-corrected chi connectivity index (χ3v) is 5.53. The minimum Gasteiger partial charge on any atom is -0.495 e. The van der Waals surface area contributed by atoms with Crippen LogP contribution in [0.1, 0.15) is 18.1 Å². The van der Waals surface area contributed by atoms with Crippen molar-refractivity contribution in [3.8, 4) is 5.75 Å². The van der Waals surface area contributed by atoms with E-state index in [1.165, 1.54) is 7.11 Å². The van der Waals surface area contributed by atoms with E-state index in [-0.39, 0.29) is 0 Å². The van der Waals surface area contributed by atoms with Crippen LogP contribution in [0.25, 0.3) is 10.8 Å². The molecule has 2 N–H and O–H groups in total. The van der Waals surface area contributed by atoms with Crippen molar-refractivity contribution in [2.45, 2.75) is 19.4 Å². The Labute approximate surface area is 180 Å². The summed E-state index contributed by atoms with van der Waals surface area (Å²) in [5.74, 6) is -0.466. The summed E-state index contributed by atoms with van der Waals surface area (Å²) in [6.07, 6.45) is 0. The van der Waals surface area contributed by atoms with Crippen molar-refractivity contribution < 1.29 is 19.1 Å². The van der Waals surface area contributed by atoms with E-state index in [2.05, 4.69) is 10.6 Å². The van der Waals surface area contributed by atoms with E-state index in [0.717, 1.165) is 21.2 Å². The van der Waals surface area contributed by atoms with Crippen molar-refractivity contribution in [1.29, 1.82) is 0 Å². The number of anilines is 1. The van der Waals surface area contributed by atoms with E-state index in [9.17, 15) is 14.4 Å². The third kappa shape index (κ3) is 3.70. The number of amides is 4. The molecule has 31 heavy (non-hydrogen) atoms. The number of ether oxygens (including phenoxy) is 1. The Bertz CT molecular complexity index is 1210. The van der Waals surface area contributed by atoms with Gasteiger partial charge in [0.1, 0.15) is 17.8 Å². The molecule has 1 aliphatic rings. The summed E-state index contributed by atoms with van der Waals surface area (Å²) in [6.45, 7) is 3.14. The molecule has 7 nitrogen and oxygen atoms in total. The normalized spacial score (nSPS) is 18.2. The first kappa shape index (κ1) is 20.4. The Morgan fingerprint density at radius 3 is 2.55 bits per heavy atom. The van der Waals surface area contributed by atoms with Gasteiger partial charge in [0.2, 0.25) is 5.91 Å². The highest BCUT2D eigenvalue weighted by molar-refractivity contribution is 6.10. The second-order valence-corrected chi connectivity index (χ2v) is 7.76. The number of hydrogen-bond donors (Lipinski definition) is 2. The first-order valence-electron chi connectivity index (χ1n) is 9.90. The number of aryl methyl sites for hydroxylation is 1. The zero-order valence-corrected chi connectivity index (χ0v) is 17.6. The molecule has 4 rings (SSSR count). The molecule has 0 bridgehead atoms. The fourth-order valence-corrected chi connectivity index (χ4v) is 3.79. The van der Waals surface area contributed by atoms with Crippen LogP contribution in [0.3, 0.4) is 0 Å². The topological polar surface area (TPSA) is 87.7 Å². The van der Waals surface area contributed by atoms with Crippen molar-refractivity contribution in [2.75, 3.05) is 19.0 Å². The van der Waals surface area contributed by atoms with Crippen LogP contribution in [-0.4, -0.2) is 36.4 Å². The molecule has 1 unspecified atom stereocenters. The molecule has 3 aromatic rings. The molecule has 7 heteroatoms. The molecule has 1 saturated heterocycles. The lowest BCUT2D eigenvalue weighted by molar-refractivity contribution is -0.133. The van der Waals surface area contributed by atoms with Crippen LogP contribution in [0.15, 0.2) is 60.7 Å². The average molecular weight is 417 g/mol. The Kier molecular flexibility index (Phi) is 5.10. The number of hydrogen-bond acceptors (Lipinski definition) is 4. The van der Waals surface area contributed by atoms with Crippen LogP contribution in [-0.2, 0) is 15.1 Å². The zero-order chi connectivity index (χ0) is 22.2. The first-order chi connectivity index (χ1) is 14.8. The van der Waals surface area contributed by atoms with Gasteiger partial charge in [-0.3, -0.25) is 14.5 Å². The summed E-state index contributed by atoms with van der Waals surface area (Å²) in [4.78, 5) is 39.3. The number of carbonyl (C=O) groups excluding carboxylic acids is 3. The minimum atomic E-state index is -1.25. The predicted octanol–water partition coefficient (Wildman–Crippen LogP) is 3.56. The lowest BCUT2D eigenvalue weighted by Gasteiger charge is -2.22.